The lowest BCUT2D eigenvalue weighted by atomic mass is 10.2. The van der Waals surface area contributed by atoms with Crippen LogP contribution in [-0.4, -0.2) is 39.1 Å². The topological polar surface area (TPSA) is 74.1 Å². The van der Waals surface area contributed by atoms with Gasteiger partial charge in [0.05, 0.1) is 11.6 Å². The van der Waals surface area contributed by atoms with Gasteiger partial charge in [0.2, 0.25) is 5.16 Å². The van der Waals surface area contributed by atoms with Crippen LogP contribution in [0.2, 0.25) is 5.02 Å². The molecule has 0 radical (unpaired) electrons. The third kappa shape index (κ3) is 7.24. The van der Waals surface area contributed by atoms with Crippen molar-refractivity contribution < 1.29 is 13.9 Å². The molecular formula is C20H24Cl2FN5O2S. The summed E-state index contributed by atoms with van der Waals surface area (Å²) in [5, 5.41) is 15.9. The van der Waals surface area contributed by atoms with Gasteiger partial charge in [-0.2, -0.15) is 0 Å². The van der Waals surface area contributed by atoms with Crippen molar-refractivity contribution in [3.8, 4) is 11.5 Å². The Balaban J connectivity index is 0.00000341. The molecule has 1 N–H and O–H groups in total. The van der Waals surface area contributed by atoms with E-state index in [4.69, 9.17) is 21.1 Å². The van der Waals surface area contributed by atoms with Crippen molar-refractivity contribution in [1.29, 1.82) is 0 Å². The molecule has 0 amide bonds. The van der Waals surface area contributed by atoms with Gasteiger partial charge >= 0.3 is 0 Å². The zero-order valence-corrected chi connectivity index (χ0v) is 19.6. The summed E-state index contributed by atoms with van der Waals surface area (Å²) in [5.41, 5.74) is 1.42. The Morgan fingerprint density at radius 3 is 2.74 bits per heavy atom. The number of aromatic nitrogens is 4. The summed E-state index contributed by atoms with van der Waals surface area (Å²) in [6, 6.07) is 10.2. The quantitative estimate of drug-likeness (QED) is 0.319. The molecule has 168 valence electrons. The van der Waals surface area contributed by atoms with Crippen molar-refractivity contribution in [1.82, 2.24) is 25.5 Å². The van der Waals surface area contributed by atoms with Crippen molar-refractivity contribution in [2.24, 2.45) is 7.05 Å². The fourth-order valence-corrected chi connectivity index (χ4v) is 3.72. The Morgan fingerprint density at radius 2 is 2.03 bits per heavy atom. The molecule has 3 aromatic rings. The van der Waals surface area contributed by atoms with Crippen molar-refractivity contribution in [3.63, 3.8) is 0 Å². The van der Waals surface area contributed by atoms with E-state index >= 15 is 0 Å². The summed E-state index contributed by atoms with van der Waals surface area (Å²) in [5.74, 6) is 1.46. The van der Waals surface area contributed by atoms with Crippen LogP contribution < -0.4 is 14.8 Å². The minimum Gasteiger partial charge on any atom is -0.490 e. The molecule has 0 saturated carbocycles. The van der Waals surface area contributed by atoms with E-state index in [2.05, 4.69) is 20.8 Å². The number of rotatable bonds is 11. The van der Waals surface area contributed by atoms with Crippen molar-refractivity contribution >= 4 is 35.8 Å². The Hall–Kier alpha value is -2.07. The molecule has 0 atom stereocenters. The second-order valence-corrected chi connectivity index (χ2v) is 7.80. The first kappa shape index (κ1) is 25.2. The molecular weight excluding hydrogens is 464 g/mol. The van der Waals surface area contributed by atoms with E-state index in [1.165, 1.54) is 6.07 Å². The number of nitrogens with one attached hydrogen (secondary N) is 1. The molecule has 11 heteroatoms. The van der Waals surface area contributed by atoms with Crippen LogP contribution in [0.4, 0.5) is 4.39 Å². The normalized spacial score (nSPS) is 10.6. The molecule has 0 unspecified atom stereocenters. The molecule has 1 aromatic heterocycles. The minimum atomic E-state index is -0.317. The van der Waals surface area contributed by atoms with Gasteiger partial charge in [-0.15, -0.1) is 17.5 Å². The first-order valence-electron chi connectivity index (χ1n) is 9.45. The van der Waals surface area contributed by atoms with E-state index in [0.717, 1.165) is 23.0 Å². The molecule has 0 aliphatic carbocycles. The van der Waals surface area contributed by atoms with E-state index in [9.17, 15) is 4.39 Å². The predicted molar refractivity (Wildman–Crippen MR) is 122 cm³/mol. The summed E-state index contributed by atoms with van der Waals surface area (Å²) >= 11 is 8.02. The molecule has 31 heavy (non-hydrogen) atoms. The number of hydrogen-bond acceptors (Lipinski definition) is 7. The SMILES string of the molecule is CCOc1cc(CNCCSc2nnnn2C)cc(Cl)c1OCc1ccccc1F.Cl. The number of halogens is 3. The van der Waals surface area contributed by atoms with Crippen LogP contribution in [0.1, 0.15) is 18.1 Å². The molecule has 0 bridgehead atoms. The van der Waals surface area contributed by atoms with E-state index in [1.54, 1.807) is 34.6 Å². The van der Waals surface area contributed by atoms with Gasteiger partial charge < -0.3 is 14.8 Å². The predicted octanol–water partition coefficient (Wildman–Crippen LogP) is 4.28. The maximum atomic E-state index is 13.9. The Labute approximate surface area is 196 Å². The summed E-state index contributed by atoms with van der Waals surface area (Å²) in [6.07, 6.45) is 0. The van der Waals surface area contributed by atoms with E-state index in [0.29, 0.717) is 35.2 Å². The molecule has 0 spiro atoms. The number of nitrogens with zero attached hydrogens (tertiary/aromatic N) is 4. The van der Waals surface area contributed by atoms with E-state index < -0.39 is 0 Å². The minimum absolute atomic E-state index is 0. The number of aryl methyl sites for hydroxylation is 1. The fraction of sp³-hybridized carbons (Fsp3) is 0.350. The third-order valence-electron chi connectivity index (χ3n) is 4.12. The molecule has 7 nitrogen and oxygen atoms in total. The van der Waals surface area contributed by atoms with Gasteiger partial charge in [0, 0.05) is 31.5 Å². The zero-order valence-electron chi connectivity index (χ0n) is 17.2. The van der Waals surface area contributed by atoms with Gasteiger partial charge in [0.15, 0.2) is 11.5 Å². The van der Waals surface area contributed by atoms with Crippen LogP contribution >= 0.6 is 35.8 Å². The lowest BCUT2D eigenvalue weighted by Crippen LogP contribution is -2.17. The monoisotopic (exact) mass is 487 g/mol. The molecule has 0 aliphatic heterocycles. The third-order valence-corrected chi connectivity index (χ3v) is 5.41. The average Bonchev–Trinajstić information content (AvgIpc) is 3.13. The lowest BCUT2D eigenvalue weighted by molar-refractivity contribution is 0.266. The van der Waals surface area contributed by atoms with Gasteiger partial charge in [0.25, 0.3) is 0 Å². The van der Waals surface area contributed by atoms with Gasteiger partial charge in [-0.1, -0.05) is 41.6 Å². The van der Waals surface area contributed by atoms with Crippen LogP contribution in [0.15, 0.2) is 41.6 Å². The molecule has 1 heterocycles. The molecule has 0 aliphatic rings. The van der Waals surface area contributed by atoms with Gasteiger partial charge in [-0.05, 0) is 41.1 Å². The first-order chi connectivity index (χ1) is 14.6. The van der Waals surface area contributed by atoms with Gasteiger partial charge in [-0.3, -0.25) is 0 Å². The van der Waals surface area contributed by atoms with Crippen LogP contribution in [0.3, 0.4) is 0 Å². The van der Waals surface area contributed by atoms with Crippen molar-refractivity contribution in [2.75, 3.05) is 18.9 Å². The van der Waals surface area contributed by atoms with Crippen LogP contribution in [0.25, 0.3) is 0 Å². The number of hydrogen-bond donors (Lipinski definition) is 1. The summed E-state index contributed by atoms with van der Waals surface area (Å²) in [4.78, 5) is 0. The smallest absolute Gasteiger partial charge is 0.209 e. The fourth-order valence-electron chi connectivity index (χ4n) is 2.68. The summed E-state index contributed by atoms with van der Waals surface area (Å²) < 4.78 is 27.0. The van der Waals surface area contributed by atoms with E-state index in [-0.39, 0.29) is 24.8 Å². The second kappa shape index (κ2) is 12.7. The number of benzene rings is 2. The van der Waals surface area contributed by atoms with Crippen LogP contribution in [0, 0.1) is 5.82 Å². The van der Waals surface area contributed by atoms with Gasteiger partial charge in [0.1, 0.15) is 12.4 Å². The summed E-state index contributed by atoms with van der Waals surface area (Å²) in [6.45, 7) is 3.80. The highest BCUT2D eigenvalue weighted by Crippen LogP contribution is 2.37. The Morgan fingerprint density at radius 1 is 1.23 bits per heavy atom. The van der Waals surface area contributed by atoms with Crippen molar-refractivity contribution in [2.45, 2.75) is 25.2 Å². The largest absolute Gasteiger partial charge is 0.490 e. The number of thioether (sulfide) groups is 1. The van der Waals surface area contributed by atoms with Crippen LogP contribution in [-0.2, 0) is 20.2 Å². The highest BCUT2D eigenvalue weighted by Gasteiger charge is 2.14. The number of ether oxygens (including phenoxy) is 2. The first-order valence-corrected chi connectivity index (χ1v) is 10.8. The Bertz CT molecular complexity index is 976. The highest BCUT2D eigenvalue weighted by molar-refractivity contribution is 7.99. The molecule has 2 aromatic carbocycles. The van der Waals surface area contributed by atoms with Gasteiger partial charge in [-0.25, -0.2) is 9.07 Å². The highest BCUT2D eigenvalue weighted by atomic mass is 35.5. The second-order valence-electron chi connectivity index (χ2n) is 6.33. The maximum Gasteiger partial charge on any atom is 0.209 e. The Kier molecular flexibility index (Phi) is 10.3. The molecule has 3 rings (SSSR count). The molecule has 0 fully saturated rings. The lowest BCUT2D eigenvalue weighted by Gasteiger charge is -2.16. The standard InChI is InChI=1S/C20H23ClFN5O2S.ClH/c1-3-28-18-11-14(12-23-8-9-30-20-24-25-26-27(20)2)10-16(21)19(18)29-13-15-6-4-5-7-17(15)22;/h4-7,10-11,23H,3,8-9,12-13H2,1-2H3;1H. The molecule has 0 saturated heterocycles. The average molecular weight is 488 g/mol. The van der Waals surface area contributed by atoms with E-state index in [1.807, 2.05) is 26.1 Å². The van der Waals surface area contributed by atoms with Crippen LogP contribution in [0.5, 0.6) is 11.5 Å². The zero-order chi connectivity index (χ0) is 21.3. The maximum absolute atomic E-state index is 13.9. The van der Waals surface area contributed by atoms with Crippen molar-refractivity contribution in [3.05, 3.63) is 58.4 Å². The summed E-state index contributed by atoms with van der Waals surface area (Å²) in [7, 11) is 1.81. The number of tetrazole rings is 1.